The summed E-state index contributed by atoms with van der Waals surface area (Å²) >= 11 is 0. The van der Waals surface area contributed by atoms with Crippen molar-refractivity contribution in [1.29, 1.82) is 0 Å². The minimum absolute atomic E-state index is 0.240. The molecule has 4 rings (SSSR count). The number of carbonyl (C=O) groups excluding carboxylic acids is 1. The second kappa shape index (κ2) is 7.94. The lowest BCUT2D eigenvalue weighted by atomic mass is 10.1. The van der Waals surface area contributed by atoms with Crippen molar-refractivity contribution in [3.63, 3.8) is 0 Å². The number of ether oxygens (including phenoxy) is 1. The Bertz CT molecular complexity index is 1180. The van der Waals surface area contributed by atoms with Crippen LogP contribution in [0.25, 0.3) is 17.1 Å². The molecule has 2 heterocycles. The minimum atomic E-state index is -0.692. The van der Waals surface area contributed by atoms with E-state index in [0.29, 0.717) is 22.8 Å². The number of benzene rings is 2. The van der Waals surface area contributed by atoms with Gasteiger partial charge in [-0.1, -0.05) is 35.9 Å². The van der Waals surface area contributed by atoms with Crippen molar-refractivity contribution in [2.75, 3.05) is 0 Å². The molecule has 1 atom stereocenters. The van der Waals surface area contributed by atoms with Crippen LogP contribution in [0.2, 0.25) is 0 Å². The fourth-order valence-corrected chi connectivity index (χ4v) is 3.24. The molecule has 7 heteroatoms. The second-order valence-corrected chi connectivity index (χ2v) is 7.15. The smallest absolute Gasteiger partial charge is 0.342 e. The van der Waals surface area contributed by atoms with Crippen LogP contribution in [0.5, 0.6) is 0 Å². The zero-order valence-electron chi connectivity index (χ0n) is 17.3. The van der Waals surface area contributed by atoms with Crippen LogP contribution < -0.4 is 0 Å². The van der Waals surface area contributed by atoms with Gasteiger partial charge in [-0.15, -0.1) is 10.2 Å². The normalized spacial score (nSPS) is 12.0. The van der Waals surface area contributed by atoms with Crippen LogP contribution >= 0.6 is 0 Å². The molecule has 152 valence electrons. The van der Waals surface area contributed by atoms with Crippen molar-refractivity contribution in [3.8, 4) is 17.1 Å². The van der Waals surface area contributed by atoms with Gasteiger partial charge < -0.3 is 9.15 Å². The second-order valence-electron chi connectivity index (χ2n) is 7.15. The molecule has 0 amide bonds. The zero-order chi connectivity index (χ0) is 21.3. The van der Waals surface area contributed by atoms with E-state index in [2.05, 4.69) is 15.3 Å². The summed E-state index contributed by atoms with van der Waals surface area (Å²) in [5, 5.41) is 12.6. The monoisotopic (exact) mass is 402 g/mol. The van der Waals surface area contributed by atoms with E-state index in [1.807, 2.05) is 68.4 Å². The van der Waals surface area contributed by atoms with Crippen LogP contribution in [-0.4, -0.2) is 25.9 Å². The predicted octanol–water partition coefficient (Wildman–Crippen LogP) is 4.77. The van der Waals surface area contributed by atoms with Crippen LogP contribution in [0.1, 0.15) is 46.2 Å². The number of esters is 1. The van der Waals surface area contributed by atoms with Gasteiger partial charge in [0.25, 0.3) is 5.89 Å². The molecular formula is C23H22N4O3. The highest BCUT2D eigenvalue weighted by molar-refractivity contribution is 5.92. The van der Waals surface area contributed by atoms with Gasteiger partial charge in [0.15, 0.2) is 6.10 Å². The number of rotatable bonds is 5. The molecule has 1 unspecified atom stereocenters. The summed E-state index contributed by atoms with van der Waals surface area (Å²) in [5.74, 6) is 0.150. The van der Waals surface area contributed by atoms with Crippen molar-refractivity contribution >= 4 is 5.97 Å². The molecule has 0 aliphatic carbocycles. The number of nitrogens with zero attached hydrogens (tertiary/aromatic N) is 4. The molecule has 0 radical (unpaired) electrons. The van der Waals surface area contributed by atoms with Crippen molar-refractivity contribution in [2.45, 2.75) is 33.8 Å². The lowest BCUT2D eigenvalue weighted by Crippen LogP contribution is -2.11. The quantitative estimate of drug-likeness (QED) is 0.447. The average molecular weight is 402 g/mol. The van der Waals surface area contributed by atoms with Crippen molar-refractivity contribution in [1.82, 2.24) is 20.0 Å². The number of hydrogen-bond donors (Lipinski definition) is 0. The number of carbonyl (C=O) groups is 1. The molecule has 7 nitrogen and oxygen atoms in total. The van der Waals surface area contributed by atoms with E-state index in [4.69, 9.17) is 9.15 Å². The van der Waals surface area contributed by atoms with E-state index in [1.54, 1.807) is 18.5 Å². The third-order valence-electron chi connectivity index (χ3n) is 4.87. The molecule has 2 aromatic heterocycles. The van der Waals surface area contributed by atoms with Crippen LogP contribution in [0.4, 0.5) is 0 Å². The number of aryl methyl sites for hydroxylation is 2. The molecule has 2 aromatic carbocycles. The van der Waals surface area contributed by atoms with E-state index >= 15 is 0 Å². The summed E-state index contributed by atoms with van der Waals surface area (Å²) < 4.78 is 13.1. The first-order chi connectivity index (χ1) is 14.4. The lowest BCUT2D eigenvalue weighted by Gasteiger charge is -2.10. The standard InChI is InChI=1S/C23H22N4O3/c1-14-10-12-18(13-11-14)22-25-24-21(30-22)17(4)29-23(28)20-15(2)26-27(16(20)3)19-8-6-5-7-9-19/h5-13,17H,1-4H3. The first-order valence-electron chi connectivity index (χ1n) is 9.67. The van der Waals surface area contributed by atoms with Crippen LogP contribution in [0.15, 0.2) is 59.0 Å². The van der Waals surface area contributed by atoms with Gasteiger partial charge >= 0.3 is 5.97 Å². The van der Waals surface area contributed by atoms with Gasteiger partial charge in [-0.25, -0.2) is 9.48 Å². The fraction of sp³-hybridized carbons (Fsp3) is 0.217. The summed E-state index contributed by atoms with van der Waals surface area (Å²) in [6, 6.07) is 17.4. The van der Waals surface area contributed by atoms with Crippen LogP contribution in [-0.2, 0) is 4.74 Å². The molecule has 0 saturated carbocycles. The summed E-state index contributed by atoms with van der Waals surface area (Å²) in [7, 11) is 0. The minimum Gasteiger partial charge on any atom is -0.449 e. The summed E-state index contributed by atoms with van der Waals surface area (Å²) in [5.41, 5.74) is 4.58. The van der Waals surface area contributed by atoms with Crippen molar-refractivity contribution in [2.24, 2.45) is 0 Å². The molecular weight excluding hydrogens is 380 g/mol. The highest BCUT2D eigenvalue weighted by Gasteiger charge is 2.25. The van der Waals surface area contributed by atoms with Crippen molar-refractivity contribution < 1.29 is 13.9 Å². The Hall–Kier alpha value is -3.74. The Balaban J connectivity index is 1.53. The maximum Gasteiger partial charge on any atom is 0.342 e. The topological polar surface area (TPSA) is 83.0 Å². The van der Waals surface area contributed by atoms with E-state index in [1.165, 1.54) is 0 Å². The average Bonchev–Trinajstić information content (AvgIpc) is 3.34. The molecule has 0 fully saturated rings. The van der Waals surface area contributed by atoms with E-state index in [0.717, 1.165) is 16.8 Å². The Kier molecular flexibility index (Phi) is 5.18. The van der Waals surface area contributed by atoms with Crippen LogP contribution in [0.3, 0.4) is 0 Å². The molecule has 30 heavy (non-hydrogen) atoms. The third-order valence-corrected chi connectivity index (χ3v) is 4.87. The largest absolute Gasteiger partial charge is 0.449 e. The maximum absolute atomic E-state index is 12.9. The Labute approximate surface area is 174 Å². The molecule has 0 spiro atoms. The Morgan fingerprint density at radius 1 is 1.00 bits per heavy atom. The number of para-hydroxylation sites is 1. The van der Waals surface area contributed by atoms with Gasteiger partial charge in [-0.3, -0.25) is 0 Å². The van der Waals surface area contributed by atoms with Gasteiger partial charge in [0.2, 0.25) is 5.89 Å². The molecule has 0 bridgehead atoms. The highest BCUT2D eigenvalue weighted by Crippen LogP contribution is 2.25. The maximum atomic E-state index is 12.9. The third kappa shape index (κ3) is 3.74. The molecule has 0 aliphatic rings. The summed E-state index contributed by atoms with van der Waals surface area (Å²) in [6.07, 6.45) is -0.692. The Morgan fingerprint density at radius 3 is 2.40 bits per heavy atom. The molecule has 0 saturated heterocycles. The van der Waals surface area contributed by atoms with Gasteiger partial charge in [-0.05, 0) is 52.0 Å². The Morgan fingerprint density at radius 2 is 1.70 bits per heavy atom. The van der Waals surface area contributed by atoms with Crippen molar-refractivity contribution in [3.05, 3.63) is 83.0 Å². The van der Waals surface area contributed by atoms with E-state index in [9.17, 15) is 4.79 Å². The summed E-state index contributed by atoms with van der Waals surface area (Å²) in [6.45, 7) is 7.34. The molecule has 0 N–H and O–H groups in total. The first-order valence-corrected chi connectivity index (χ1v) is 9.67. The number of hydrogen-bond acceptors (Lipinski definition) is 6. The lowest BCUT2D eigenvalue weighted by molar-refractivity contribution is 0.0278. The zero-order valence-corrected chi connectivity index (χ0v) is 17.3. The summed E-state index contributed by atoms with van der Waals surface area (Å²) in [4.78, 5) is 12.9. The van der Waals surface area contributed by atoms with Gasteiger partial charge in [0.05, 0.1) is 17.1 Å². The molecule has 4 aromatic rings. The van der Waals surface area contributed by atoms with E-state index in [-0.39, 0.29) is 5.89 Å². The highest BCUT2D eigenvalue weighted by atomic mass is 16.6. The van der Waals surface area contributed by atoms with E-state index < -0.39 is 12.1 Å². The number of aromatic nitrogens is 4. The SMILES string of the molecule is Cc1ccc(-c2nnc(C(C)OC(=O)c3c(C)nn(-c4ccccc4)c3C)o2)cc1. The van der Waals surface area contributed by atoms with Gasteiger partial charge in [-0.2, -0.15) is 5.10 Å². The van der Waals surface area contributed by atoms with Gasteiger partial charge in [0.1, 0.15) is 5.56 Å². The predicted molar refractivity (Wildman–Crippen MR) is 111 cm³/mol. The first kappa shape index (κ1) is 19.6. The van der Waals surface area contributed by atoms with Crippen LogP contribution in [0, 0.1) is 20.8 Å². The molecule has 0 aliphatic heterocycles. The fourth-order valence-electron chi connectivity index (χ4n) is 3.24. The van der Waals surface area contributed by atoms with Gasteiger partial charge in [0, 0.05) is 5.56 Å².